The summed E-state index contributed by atoms with van der Waals surface area (Å²) in [6.07, 6.45) is 0.825. The second-order valence-corrected chi connectivity index (χ2v) is 5.22. The minimum atomic E-state index is -0.149. The molecule has 0 aliphatic heterocycles. The first-order chi connectivity index (χ1) is 8.74. The van der Waals surface area contributed by atoms with Crippen LogP contribution in [0.1, 0.15) is 27.9 Å². The molecule has 0 unspecified atom stereocenters. The van der Waals surface area contributed by atoms with E-state index in [1.165, 1.54) is 11.3 Å². The summed E-state index contributed by atoms with van der Waals surface area (Å²) in [5.41, 5.74) is 1.61. The van der Waals surface area contributed by atoms with E-state index in [4.69, 9.17) is 0 Å². The highest BCUT2D eigenvalue weighted by atomic mass is 79.9. The van der Waals surface area contributed by atoms with Crippen molar-refractivity contribution in [1.82, 2.24) is 10.2 Å². The van der Waals surface area contributed by atoms with Gasteiger partial charge in [0.15, 0.2) is 0 Å². The number of alkyl halides is 1. The van der Waals surface area contributed by atoms with Gasteiger partial charge in [-0.15, -0.1) is 10.2 Å². The van der Waals surface area contributed by atoms with Crippen molar-refractivity contribution in [1.29, 1.82) is 0 Å². The van der Waals surface area contributed by atoms with Crippen LogP contribution in [0, 0.1) is 0 Å². The first-order valence-corrected chi connectivity index (χ1v) is 7.46. The molecule has 94 valence electrons. The number of nitrogens with zero attached hydrogens (tertiary/aromatic N) is 2. The summed E-state index contributed by atoms with van der Waals surface area (Å²) in [5.74, 6) is -0.149. The van der Waals surface area contributed by atoms with Crippen molar-refractivity contribution < 1.29 is 4.79 Å². The lowest BCUT2D eigenvalue weighted by atomic mass is 10.1. The van der Waals surface area contributed by atoms with Crippen LogP contribution in [0.3, 0.4) is 0 Å². The van der Waals surface area contributed by atoms with Gasteiger partial charge in [-0.1, -0.05) is 52.4 Å². The average molecular weight is 326 g/mol. The number of nitrogens with one attached hydrogen (secondary N) is 1. The highest BCUT2D eigenvalue weighted by molar-refractivity contribution is 9.08. The SMILES string of the molecule is CCc1nnc(NC(=O)c2ccccc2CBr)s1. The van der Waals surface area contributed by atoms with Crippen molar-refractivity contribution in [3.05, 3.63) is 40.4 Å². The van der Waals surface area contributed by atoms with Crippen LogP contribution >= 0.6 is 27.3 Å². The van der Waals surface area contributed by atoms with Gasteiger partial charge in [0.05, 0.1) is 0 Å². The topological polar surface area (TPSA) is 54.9 Å². The number of rotatable bonds is 4. The monoisotopic (exact) mass is 325 g/mol. The standard InChI is InChI=1S/C12H12BrN3OS/c1-2-10-15-16-12(18-10)14-11(17)9-6-4-3-5-8(9)7-13/h3-6H,2,7H2,1H3,(H,14,16,17). The lowest BCUT2D eigenvalue weighted by molar-refractivity contribution is 0.102. The quantitative estimate of drug-likeness (QED) is 0.878. The van der Waals surface area contributed by atoms with Crippen LogP contribution in [0.15, 0.2) is 24.3 Å². The van der Waals surface area contributed by atoms with Crippen LogP contribution in [0.4, 0.5) is 5.13 Å². The number of benzene rings is 1. The molecule has 2 rings (SSSR count). The van der Waals surface area contributed by atoms with Crippen molar-refractivity contribution in [3.63, 3.8) is 0 Å². The smallest absolute Gasteiger partial charge is 0.257 e. The molecule has 1 amide bonds. The summed E-state index contributed by atoms with van der Waals surface area (Å²) in [7, 11) is 0. The number of anilines is 1. The Morgan fingerprint density at radius 2 is 2.17 bits per heavy atom. The maximum Gasteiger partial charge on any atom is 0.257 e. The van der Waals surface area contributed by atoms with E-state index in [1.54, 1.807) is 6.07 Å². The van der Waals surface area contributed by atoms with Crippen LogP contribution in [-0.4, -0.2) is 16.1 Å². The lowest BCUT2D eigenvalue weighted by Gasteiger charge is -2.05. The van der Waals surface area contributed by atoms with E-state index in [0.717, 1.165) is 17.0 Å². The van der Waals surface area contributed by atoms with Crippen LogP contribution in [0.25, 0.3) is 0 Å². The predicted molar refractivity (Wildman–Crippen MR) is 76.3 cm³/mol. The molecule has 0 radical (unpaired) electrons. The molecule has 1 aromatic carbocycles. The van der Waals surface area contributed by atoms with E-state index in [1.807, 2.05) is 25.1 Å². The molecule has 18 heavy (non-hydrogen) atoms. The third-order valence-electron chi connectivity index (χ3n) is 2.40. The molecule has 0 saturated carbocycles. The molecule has 0 fully saturated rings. The number of halogens is 1. The van der Waals surface area contributed by atoms with Gasteiger partial charge in [-0.25, -0.2) is 0 Å². The Morgan fingerprint density at radius 1 is 1.39 bits per heavy atom. The molecule has 1 aromatic heterocycles. The first-order valence-electron chi connectivity index (χ1n) is 5.52. The van der Waals surface area contributed by atoms with E-state index >= 15 is 0 Å². The van der Waals surface area contributed by atoms with Gasteiger partial charge >= 0.3 is 0 Å². The molecule has 0 bridgehead atoms. The fourth-order valence-electron chi connectivity index (χ4n) is 1.47. The number of carbonyl (C=O) groups excluding carboxylic acids is 1. The highest BCUT2D eigenvalue weighted by Crippen LogP contribution is 2.18. The van der Waals surface area contributed by atoms with Crippen molar-refractivity contribution in [2.75, 3.05) is 5.32 Å². The predicted octanol–water partition coefficient (Wildman–Crippen LogP) is 3.25. The molecule has 1 N–H and O–H groups in total. The summed E-state index contributed by atoms with van der Waals surface area (Å²) >= 11 is 4.78. The Labute approximate surface area is 118 Å². The van der Waals surface area contributed by atoms with Crippen molar-refractivity contribution in [2.24, 2.45) is 0 Å². The molecule has 0 saturated heterocycles. The second-order valence-electron chi connectivity index (χ2n) is 3.60. The minimum absolute atomic E-state index is 0.149. The Balaban J connectivity index is 2.16. The molecule has 0 aliphatic rings. The summed E-state index contributed by atoms with van der Waals surface area (Å²) in [5, 5.41) is 12.8. The van der Waals surface area contributed by atoms with E-state index in [9.17, 15) is 4.79 Å². The number of hydrogen-bond donors (Lipinski definition) is 1. The third kappa shape index (κ3) is 2.94. The van der Waals surface area contributed by atoms with Crippen molar-refractivity contribution >= 4 is 38.3 Å². The summed E-state index contributed by atoms with van der Waals surface area (Å²) in [6.45, 7) is 2.01. The summed E-state index contributed by atoms with van der Waals surface area (Å²) in [6, 6.07) is 7.47. The first kappa shape index (κ1) is 13.2. The van der Waals surface area contributed by atoms with E-state index in [2.05, 4.69) is 31.4 Å². The minimum Gasteiger partial charge on any atom is -0.296 e. The third-order valence-corrected chi connectivity index (χ3v) is 3.98. The number of carbonyl (C=O) groups is 1. The second kappa shape index (κ2) is 6.06. The van der Waals surface area contributed by atoms with Gasteiger partial charge in [0.2, 0.25) is 5.13 Å². The Kier molecular flexibility index (Phi) is 4.43. The summed E-state index contributed by atoms with van der Waals surface area (Å²) in [4.78, 5) is 12.1. The van der Waals surface area contributed by atoms with Gasteiger partial charge in [0.25, 0.3) is 5.91 Å². The highest BCUT2D eigenvalue weighted by Gasteiger charge is 2.12. The van der Waals surface area contributed by atoms with Gasteiger partial charge in [0.1, 0.15) is 5.01 Å². The maximum absolute atomic E-state index is 12.1. The molecule has 1 heterocycles. The van der Waals surface area contributed by atoms with Crippen LogP contribution in [0.2, 0.25) is 0 Å². The molecular weight excluding hydrogens is 314 g/mol. The number of aromatic nitrogens is 2. The lowest BCUT2D eigenvalue weighted by Crippen LogP contribution is -2.13. The van der Waals surface area contributed by atoms with Gasteiger partial charge in [0, 0.05) is 10.9 Å². The number of hydrogen-bond acceptors (Lipinski definition) is 4. The van der Waals surface area contributed by atoms with E-state index in [0.29, 0.717) is 16.0 Å². The Morgan fingerprint density at radius 3 is 2.83 bits per heavy atom. The molecule has 4 nitrogen and oxygen atoms in total. The van der Waals surface area contributed by atoms with Crippen molar-refractivity contribution in [3.8, 4) is 0 Å². The van der Waals surface area contributed by atoms with Crippen LogP contribution in [0.5, 0.6) is 0 Å². The van der Waals surface area contributed by atoms with Crippen LogP contribution < -0.4 is 5.32 Å². The average Bonchev–Trinajstić information content (AvgIpc) is 2.86. The van der Waals surface area contributed by atoms with Gasteiger partial charge < -0.3 is 0 Å². The van der Waals surface area contributed by atoms with Crippen LogP contribution in [-0.2, 0) is 11.8 Å². The number of amides is 1. The molecule has 0 aliphatic carbocycles. The summed E-state index contributed by atoms with van der Waals surface area (Å²) < 4.78 is 0. The zero-order valence-electron chi connectivity index (χ0n) is 9.81. The zero-order valence-corrected chi connectivity index (χ0v) is 12.2. The number of aryl methyl sites for hydroxylation is 1. The molecular formula is C12H12BrN3OS. The molecule has 0 spiro atoms. The Bertz CT molecular complexity index is 556. The molecule has 6 heteroatoms. The fourth-order valence-corrected chi connectivity index (χ4v) is 2.63. The molecule has 0 atom stereocenters. The van der Waals surface area contributed by atoms with E-state index < -0.39 is 0 Å². The van der Waals surface area contributed by atoms with Gasteiger partial charge in [-0.05, 0) is 18.1 Å². The maximum atomic E-state index is 12.1. The van der Waals surface area contributed by atoms with Crippen molar-refractivity contribution in [2.45, 2.75) is 18.7 Å². The van der Waals surface area contributed by atoms with Gasteiger partial charge in [-0.2, -0.15) is 0 Å². The fraction of sp³-hybridized carbons (Fsp3) is 0.250. The van der Waals surface area contributed by atoms with E-state index in [-0.39, 0.29) is 5.91 Å². The normalized spacial score (nSPS) is 10.3. The Hall–Kier alpha value is -1.27. The molecule has 2 aromatic rings. The largest absolute Gasteiger partial charge is 0.296 e. The van der Waals surface area contributed by atoms with Gasteiger partial charge in [-0.3, -0.25) is 10.1 Å². The zero-order chi connectivity index (χ0) is 13.0.